The molecule has 1 aromatic heterocycles. The van der Waals surface area contributed by atoms with Crippen LogP contribution in [0.25, 0.3) is 0 Å². The summed E-state index contributed by atoms with van der Waals surface area (Å²) in [6.07, 6.45) is 0. The van der Waals surface area contributed by atoms with Crippen LogP contribution in [0.15, 0.2) is 35.0 Å². The molecule has 0 saturated heterocycles. The van der Waals surface area contributed by atoms with Crippen molar-refractivity contribution >= 4 is 11.3 Å². The quantitative estimate of drug-likeness (QED) is 0.631. The number of aryl methyl sites for hydroxylation is 2. The second kappa shape index (κ2) is 4.78. The predicted octanol–water partition coefficient (Wildman–Crippen LogP) is 2.92. The van der Waals surface area contributed by atoms with Crippen LogP contribution in [0.3, 0.4) is 0 Å². The van der Waals surface area contributed by atoms with Gasteiger partial charge in [0.05, 0.1) is 6.04 Å². The summed E-state index contributed by atoms with van der Waals surface area (Å²) >= 11 is 1.69. The van der Waals surface area contributed by atoms with Crippen molar-refractivity contribution in [2.75, 3.05) is 0 Å². The molecule has 3 N–H and O–H groups in total. The van der Waals surface area contributed by atoms with E-state index in [9.17, 15) is 0 Å². The topological polar surface area (TPSA) is 38.0 Å². The van der Waals surface area contributed by atoms with Gasteiger partial charge in [0.25, 0.3) is 0 Å². The lowest BCUT2D eigenvalue weighted by Gasteiger charge is -2.18. The summed E-state index contributed by atoms with van der Waals surface area (Å²) in [5.41, 5.74) is 7.90. The van der Waals surface area contributed by atoms with Gasteiger partial charge < -0.3 is 0 Å². The highest BCUT2D eigenvalue weighted by Gasteiger charge is 2.14. The van der Waals surface area contributed by atoms with Crippen molar-refractivity contribution in [2.24, 2.45) is 5.84 Å². The summed E-state index contributed by atoms with van der Waals surface area (Å²) in [4.78, 5) is 0. The molecular weight excluding hydrogens is 216 g/mol. The Hall–Kier alpha value is -1.16. The molecule has 84 valence electrons. The fourth-order valence-electron chi connectivity index (χ4n) is 1.95. The fraction of sp³-hybridized carbons (Fsp3) is 0.231. The summed E-state index contributed by atoms with van der Waals surface area (Å²) in [5.74, 6) is 5.66. The van der Waals surface area contributed by atoms with Crippen LogP contribution in [-0.2, 0) is 0 Å². The van der Waals surface area contributed by atoms with Gasteiger partial charge in [-0.05, 0) is 47.4 Å². The highest BCUT2D eigenvalue weighted by Crippen LogP contribution is 2.26. The summed E-state index contributed by atoms with van der Waals surface area (Å²) < 4.78 is 0. The Morgan fingerprint density at radius 1 is 1.25 bits per heavy atom. The van der Waals surface area contributed by atoms with E-state index in [1.165, 1.54) is 22.3 Å². The molecule has 1 unspecified atom stereocenters. The first kappa shape index (κ1) is 11.3. The van der Waals surface area contributed by atoms with Crippen LogP contribution < -0.4 is 11.3 Å². The van der Waals surface area contributed by atoms with Gasteiger partial charge in [-0.15, -0.1) is 0 Å². The average molecular weight is 232 g/mol. The van der Waals surface area contributed by atoms with E-state index in [0.29, 0.717) is 0 Å². The van der Waals surface area contributed by atoms with E-state index in [2.05, 4.69) is 54.3 Å². The maximum Gasteiger partial charge on any atom is 0.0720 e. The maximum atomic E-state index is 5.66. The van der Waals surface area contributed by atoms with E-state index in [1.807, 2.05) is 0 Å². The van der Waals surface area contributed by atoms with Crippen LogP contribution in [0, 0.1) is 13.8 Å². The Bertz CT molecular complexity index is 463. The fourth-order valence-corrected chi connectivity index (χ4v) is 2.64. The molecule has 0 fully saturated rings. The molecule has 1 heterocycles. The molecule has 0 amide bonds. The molecule has 0 aliphatic heterocycles. The minimum absolute atomic E-state index is 0.0897. The van der Waals surface area contributed by atoms with E-state index < -0.39 is 0 Å². The van der Waals surface area contributed by atoms with Gasteiger partial charge in [-0.2, -0.15) is 11.3 Å². The number of hydrogen-bond acceptors (Lipinski definition) is 3. The third kappa shape index (κ3) is 2.16. The Balaban J connectivity index is 2.41. The molecule has 0 saturated carbocycles. The number of benzene rings is 1. The largest absolute Gasteiger partial charge is 0.271 e. The highest BCUT2D eigenvalue weighted by atomic mass is 32.1. The third-order valence-corrected chi connectivity index (χ3v) is 3.48. The van der Waals surface area contributed by atoms with Gasteiger partial charge in [-0.3, -0.25) is 5.84 Å². The van der Waals surface area contributed by atoms with Gasteiger partial charge in [0.1, 0.15) is 0 Å². The lowest BCUT2D eigenvalue weighted by atomic mass is 9.96. The van der Waals surface area contributed by atoms with Crippen molar-refractivity contribution in [3.8, 4) is 0 Å². The van der Waals surface area contributed by atoms with E-state index in [0.717, 1.165) is 0 Å². The minimum Gasteiger partial charge on any atom is -0.271 e. The molecule has 2 nitrogen and oxygen atoms in total. The number of hydrogen-bond donors (Lipinski definition) is 2. The zero-order chi connectivity index (χ0) is 11.5. The number of thiophene rings is 1. The van der Waals surface area contributed by atoms with E-state index in [4.69, 9.17) is 5.84 Å². The zero-order valence-corrected chi connectivity index (χ0v) is 10.3. The molecule has 0 aliphatic carbocycles. The zero-order valence-electron chi connectivity index (χ0n) is 9.53. The number of rotatable bonds is 3. The Morgan fingerprint density at radius 3 is 2.62 bits per heavy atom. The molecule has 0 radical (unpaired) electrons. The molecule has 1 atom stereocenters. The second-order valence-corrected chi connectivity index (χ2v) is 4.80. The molecule has 0 bridgehead atoms. The third-order valence-electron chi connectivity index (χ3n) is 2.78. The first-order chi connectivity index (χ1) is 7.72. The van der Waals surface area contributed by atoms with E-state index >= 15 is 0 Å². The Kier molecular flexibility index (Phi) is 3.39. The predicted molar refractivity (Wildman–Crippen MR) is 69.4 cm³/mol. The van der Waals surface area contributed by atoms with Crippen molar-refractivity contribution < 1.29 is 0 Å². The van der Waals surface area contributed by atoms with Crippen LogP contribution in [0.2, 0.25) is 0 Å². The van der Waals surface area contributed by atoms with Gasteiger partial charge in [0, 0.05) is 0 Å². The Morgan fingerprint density at radius 2 is 2.06 bits per heavy atom. The van der Waals surface area contributed by atoms with Crippen LogP contribution >= 0.6 is 11.3 Å². The normalized spacial score (nSPS) is 12.7. The molecule has 2 aromatic rings. The van der Waals surface area contributed by atoms with Gasteiger partial charge in [0.2, 0.25) is 0 Å². The SMILES string of the molecule is Cc1ccc(C(NN)c2ccsc2)c(C)c1. The van der Waals surface area contributed by atoms with Crippen molar-refractivity contribution in [3.63, 3.8) is 0 Å². The van der Waals surface area contributed by atoms with Crippen LogP contribution in [-0.4, -0.2) is 0 Å². The molecule has 3 heteroatoms. The number of nitrogens with two attached hydrogens (primary N) is 1. The summed E-state index contributed by atoms with van der Waals surface area (Å²) in [6, 6.07) is 8.65. The molecule has 1 aromatic carbocycles. The van der Waals surface area contributed by atoms with Gasteiger partial charge in [0.15, 0.2) is 0 Å². The first-order valence-corrected chi connectivity index (χ1v) is 6.22. The molecule has 0 spiro atoms. The lowest BCUT2D eigenvalue weighted by molar-refractivity contribution is 0.635. The summed E-state index contributed by atoms with van der Waals surface area (Å²) in [6.45, 7) is 4.23. The lowest BCUT2D eigenvalue weighted by Crippen LogP contribution is -2.29. The monoisotopic (exact) mass is 232 g/mol. The molecule has 0 aliphatic rings. The van der Waals surface area contributed by atoms with Crippen molar-refractivity contribution in [1.29, 1.82) is 0 Å². The van der Waals surface area contributed by atoms with Crippen molar-refractivity contribution in [3.05, 3.63) is 57.3 Å². The second-order valence-electron chi connectivity index (χ2n) is 4.02. The smallest absolute Gasteiger partial charge is 0.0720 e. The van der Waals surface area contributed by atoms with Gasteiger partial charge >= 0.3 is 0 Å². The van der Waals surface area contributed by atoms with Crippen LogP contribution in [0.4, 0.5) is 0 Å². The summed E-state index contributed by atoms with van der Waals surface area (Å²) in [7, 11) is 0. The highest BCUT2D eigenvalue weighted by molar-refractivity contribution is 7.08. The number of nitrogens with one attached hydrogen (secondary N) is 1. The Labute approximate surface area is 100 Å². The first-order valence-electron chi connectivity index (χ1n) is 5.27. The van der Waals surface area contributed by atoms with Crippen molar-refractivity contribution in [1.82, 2.24) is 5.43 Å². The van der Waals surface area contributed by atoms with Crippen LogP contribution in [0.1, 0.15) is 28.3 Å². The molecule has 16 heavy (non-hydrogen) atoms. The summed E-state index contributed by atoms with van der Waals surface area (Å²) in [5, 5.41) is 4.20. The maximum absolute atomic E-state index is 5.66. The minimum atomic E-state index is 0.0897. The molecule has 2 rings (SSSR count). The standard InChI is InChI=1S/C13H16N2S/c1-9-3-4-12(10(2)7-9)13(15-14)11-5-6-16-8-11/h3-8,13,15H,14H2,1-2H3. The van der Waals surface area contributed by atoms with E-state index in [-0.39, 0.29) is 6.04 Å². The van der Waals surface area contributed by atoms with Crippen LogP contribution in [0.5, 0.6) is 0 Å². The molecular formula is C13H16N2S. The van der Waals surface area contributed by atoms with Gasteiger partial charge in [-0.1, -0.05) is 23.8 Å². The van der Waals surface area contributed by atoms with Crippen molar-refractivity contribution in [2.45, 2.75) is 19.9 Å². The number of hydrazine groups is 1. The van der Waals surface area contributed by atoms with E-state index in [1.54, 1.807) is 11.3 Å². The van der Waals surface area contributed by atoms with Gasteiger partial charge in [-0.25, -0.2) is 5.43 Å². The average Bonchev–Trinajstić information content (AvgIpc) is 2.75.